The Morgan fingerprint density at radius 2 is 1.94 bits per heavy atom. The highest BCUT2D eigenvalue weighted by molar-refractivity contribution is 7.61. The predicted molar refractivity (Wildman–Crippen MR) is 70.7 cm³/mol. The molecule has 0 aliphatic rings. The highest BCUT2D eigenvalue weighted by Crippen LogP contribution is 2.29. The Bertz CT molecular complexity index is 297. The van der Waals surface area contributed by atoms with Crippen molar-refractivity contribution in [3.05, 3.63) is 11.9 Å². The van der Waals surface area contributed by atoms with E-state index in [1.165, 1.54) is 11.5 Å². The van der Waals surface area contributed by atoms with Gasteiger partial charge in [-0.25, -0.2) is 9.37 Å². The first-order chi connectivity index (χ1) is 7.29. The molecular formula is C12H23NO2P+. The van der Waals surface area contributed by atoms with Gasteiger partial charge in [-0.15, -0.1) is 0 Å². The summed E-state index contributed by atoms with van der Waals surface area (Å²) in [4.78, 5) is 11.1. The second-order valence-corrected chi connectivity index (χ2v) is 5.82. The Hall–Kier alpha value is -0.690. The maximum Gasteiger partial charge on any atom is 0.330 e. The molecule has 0 saturated heterocycles. The lowest BCUT2D eigenvalue weighted by molar-refractivity contribution is -0.465. The molecule has 1 atom stereocenters. The summed E-state index contributed by atoms with van der Waals surface area (Å²) in [6.07, 6.45) is 1.51. The zero-order valence-electron chi connectivity index (χ0n) is 11.1. The molecule has 0 heterocycles. The molecule has 0 aromatic rings. The average Bonchev–Trinajstić information content (AvgIpc) is 2.10. The van der Waals surface area contributed by atoms with Crippen molar-refractivity contribution in [3.63, 3.8) is 0 Å². The Kier molecular flexibility index (Phi) is 6.51. The van der Waals surface area contributed by atoms with Gasteiger partial charge in [0.1, 0.15) is 14.1 Å². The van der Waals surface area contributed by atoms with Crippen LogP contribution in [0.2, 0.25) is 0 Å². The Balaban J connectivity index is 4.49. The van der Waals surface area contributed by atoms with E-state index in [1.54, 1.807) is 6.92 Å². The summed E-state index contributed by atoms with van der Waals surface area (Å²) in [6.45, 7) is 8.75. The topological polar surface area (TPSA) is 29.3 Å². The number of nitrogens with zero attached hydrogens (tertiary/aromatic N) is 1. The van der Waals surface area contributed by atoms with Crippen molar-refractivity contribution < 1.29 is 14.1 Å². The van der Waals surface area contributed by atoms with Gasteiger partial charge < -0.3 is 4.74 Å². The van der Waals surface area contributed by atoms with Crippen LogP contribution in [0, 0.1) is 5.41 Å². The molecule has 0 radical (unpaired) electrons. The van der Waals surface area contributed by atoms with Gasteiger partial charge in [-0.05, 0) is 21.3 Å². The van der Waals surface area contributed by atoms with Gasteiger partial charge in [0.2, 0.25) is 0 Å². The van der Waals surface area contributed by atoms with E-state index < -0.39 is 0 Å². The number of carbonyl (C=O) groups is 1. The van der Waals surface area contributed by atoms with E-state index in [2.05, 4.69) is 25.3 Å². The number of ether oxygens (including phenoxy) is 1. The quantitative estimate of drug-likeness (QED) is 0.250. The molecule has 0 spiro atoms. The summed E-state index contributed by atoms with van der Waals surface area (Å²) in [5.41, 5.74) is 1.44. The molecule has 0 N–H and O–H groups in total. The van der Waals surface area contributed by atoms with Crippen molar-refractivity contribution in [2.24, 2.45) is 5.41 Å². The normalized spacial score (nSPS) is 12.4. The van der Waals surface area contributed by atoms with E-state index in [-0.39, 0.29) is 11.4 Å². The molecule has 4 heteroatoms. The molecule has 0 fully saturated rings. The average molecular weight is 244 g/mol. The summed E-state index contributed by atoms with van der Waals surface area (Å²) in [5.74, 6) is 1.63. The van der Waals surface area contributed by atoms with Crippen LogP contribution in [0.25, 0.3) is 0 Å². The van der Waals surface area contributed by atoms with Crippen molar-refractivity contribution >= 4 is 20.0 Å². The van der Waals surface area contributed by atoms with E-state index in [4.69, 9.17) is 4.74 Å². The summed E-state index contributed by atoms with van der Waals surface area (Å²) in [5, 5.41) is 0. The maximum atomic E-state index is 11.1. The molecule has 0 aliphatic carbocycles. The van der Waals surface area contributed by atoms with Crippen LogP contribution >= 0.6 is 8.58 Å². The SMILES string of the molecule is CCOC(=O)/C=C/PC(=[N+](C)C)C(C)(C)C. The van der Waals surface area contributed by atoms with Crippen molar-refractivity contribution in [3.8, 4) is 0 Å². The fourth-order valence-corrected chi connectivity index (χ4v) is 2.46. The van der Waals surface area contributed by atoms with Gasteiger partial charge in [-0.2, -0.15) is 0 Å². The maximum absolute atomic E-state index is 11.1. The number of esters is 1. The minimum absolute atomic E-state index is 0.126. The lowest BCUT2D eigenvalue weighted by atomic mass is 9.98. The fraction of sp³-hybridized carbons (Fsp3) is 0.667. The summed E-state index contributed by atoms with van der Waals surface area (Å²) in [6, 6.07) is 0. The molecule has 16 heavy (non-hydrogen) atoms. The van der Waals surface area contributed by atoms with E-state index in [0.29, 0.717) is 15.2 Å². The molecule has 0 aromatic heterocycles. The Labute approximate surface area is 100 Å². The minimum Gasteiger partial charge on any atom is -0.463 e. The standard InChI is InChI=1S/C12H23NO2P/c1-7-15-10(14)8-9-16-11(13(5)6)12(2,3)4/h8-9,16H,7H2,1-6H3/q+1/b9-8+. The summed E-state index contributed by atoms with van der Waals surface area (Å²) < 4.78 is 6.94. The van der Waals surface area contributed by atoms with Crippen molar-refractivity contribution in [2.75, 3.05) is 20.7 Å². The van der Waals surface area contributed by atoms with Crippen molar-refractivity contribution in [2.45, 2.75) is 27.7 Å². The van der Waals surface area contributed by atoms with E-state index in [1.807, 2.05) is 19.9 Å². The zero-order chi connectivity index (χ0) is 12.8. The van der Waals surface area contributed by atoms with Crippen LogP contribution in [0.15, 0.2) is 11.9 Å². The second kappa shape index (κ2) is 6.80. The van der Waals surface area contributed by atoms with Crippen LogP contribution in [0.3, 0.4) is 0 Å². The first-order valence-electron chi connectivity index (χ1n) is 5.43. The van der Waals surface area contributed by atoms with Crippen LogP contribution in [0.5, 0.6) is 0 Å². The summed E-state index contributed by atoms with van der Waals surface area (Å²) in [7, 11) is 4.58. The highest BCUT2D eigenvalue weighted by atomic mass is 31.1. The molecule has 0 amide bonds. The third kappa shape index (κ3) is 6.02. The summed E-state index contributed by atoms with van der Waals surface area (Å²) >= 11 is 0. The van der Waals surface area contributed by atoms with Crippen LogP contribution in [0.4, 0.5) is 0 Å². The van der Waals surface area contributed by atoms with Crippen molar-refractivity contribution in [1.82, 2.24) is 0 Å². The fourth-order valence-electron chi connectivity index (χ4n) is 1.40. The van der Waals surface area contributed by atoms with E-state index >= 15 is 0 Å². The molecule has 0 bridgehead atoms. The lowest BCUT2D eigenvalue weighted by Crippen LogP contribution is -2.23. The third-order valence-electron chi connectivity index (χ3n) is 1.88. The van der Waals surface area contributed by atoms with Gasteiger partial charge in [0.15, 0.2) is 5.45 Å². The minimum atomic E-state index is -0.262. The molecular weight excluding hydrogens is 221 g/mol. The molecule has 3 nitrogen and oxygen atoms in total. The Morgan fingerprint density at radius 3 is 2.31 bits per heavy atom. The largest absolute Gasteiger partial charge is 0.463 e. The Morgan fingerprint density at radius 1 is 1.38 bits per heavy atom. The number of hydrogen-bond acceptors (Lipinski definition) is 2. The first kappa shape index (κ1) is 15.3. The molecule has 92 valence electrons. The first-order valence-corrected chi connectivity index (χ1v) is 6.51. The molecule has 0 aliphatic heterocycles. The van der Waals surface area contributed by atoms with Crippen LogP contribution in [-0.2, 0) is 9.53 Å². The van der Waals surface area contributed by atoms with Crippen LogP contribution in [-0.4, -0.2) is 36.7 Å². The molecule has 1 unspecified atom stereocenters. The number of carbonyl (C=O) groups excluding carboxylic acids is 1. The predicted octanol–water partition coefficient (Wildman–Crippen LogP) is 2.46. The smallest absolute Gasteiger partial charge is 0.330 e. The van der Waals surface area contributed by atoms with Gasteiger partial charge in [-0.1, -0.05) is 20.8 Å². The van der Waals surface area contributed by atoms with Gasteiger partial charge >= 0.3 is 5.97 Å². The molecule has 0 saturated carbocycles. The van der Waals surface area contributed by atoms with Crippen molar-refractivity contribution in [1.29, 1.82) is 0 Å². The lowest BCUT2D eigenvalue weighted by Gasteiger charge is -2.17. The van der Waals surface area contributed by atoms with Crippen LogP contribution in [0.1, 0.15) is 27.7 Å². The van der Waals surface area contributed by atoms with Crippen LogP contribution < -0.4 is 0 Å². The van der Waals surface area contributed by atoms with Gasteiger partial charge in [0.25, 0.3) is 0 Å². The van der Waals surface area contributed by atoms with Gasteiger partial charge in [0.05, 0.1) is 6.61 Å². The number of rotatable bonds is 4. The third-order valence-corrected chi connectivity index (χ3v) is 3.69. The number of hydrogen-bond donors (Lipinski definition) is 0. The zero-order valence-corrected chi connectivity index (χ0v) is 12.1. The molecule has 0 rings (SSSR count). The van der Waals surface area contributed by atoms with E-state index in [9.17, 15) is 4.79 Å². The van der Waals surface area contributed by atoms with E-state index in [0.717, 1.165) is 0 Å². The van der Waals surface area contributed by atoms with Gasteiger partial charge in [0, 0.05) is 11.5 Å². The van der Waals surface area contributed by atoms with Gasteiger partial charge in [-0.3, -0.25) is 0 Å². The highest BCUT2D eigenvalue weighted by Gasteiger charge is 2.24. The second-order valence-electron chi connectivity index (χ2n) is 4.72. The molecule has 0 aromatic carbocycles. The monoisotopic (exact) mass is 244 g/mol.